The Kier molecular flexibility index (Phi) is 8.14. The van der Waals surface area contributed by atoms with Crippen molar-refractivity contribution in [2.45, 2.75) is 26.2 Å². The van der Waals surface area contributed by atoms with Gasteiger partial charge >= 0.3 is 0 Å². The van der Waals surface area contributed by atoms with E-state index in [9.17, 15) is 4.79 Å². The van der Waals surface area contributed by atoms with E-state index in [1.54, 1.807) is 7.11 Å². The fraction of sp³-hybridized carbons (Fsp3) is 0.480. The van der Waals surface area contributed by atoms with Crippen LogP contribution in [-0.4, -0.2) is 62.7 Å². The minimum absolute atomic E-state index is 0.00191. The summed E-state index contributed by atoms with van der Waals surface area (Å²) in [7, 11) is 3.48. The van der Waals surface area contributed by atoms with Gasteiger partial charge in [0, 0.05) is 26.7 Å². The summed E-state index contributed by atoms with van der Waals surface area (Å²) >= 11 is 0. The second kappa shape index (κ2) is 11.0. The van der Waals surface area contributed by atoms with Gasteiger partial charge in [0.05, 0.1) is 7.11 Å². The lowest BCUT2D eigenvalue weighted by Crippen LogP contribution is -2.43. The van der Waals surface area contributed by atoms with Gasteiger partial charge in [0.2, 0.25) is 0 Å². The monoisotopic (exact) mass is 410 g/mol. The Morgan fingerprint density at radius 3 is 2.63 bits per heavy atom. The largest absolute Gasteiger partial charge is 0.493 e. The lowest BCUT2D eigenvalue weighted by atomic mass is 9.96. The van der Waals surface area contributed by atoms with Crippen LogP contribution in [0.5, 0.6) is 11.5 Å². The minimum Gasteiger partial charge on any atom is -0.493 e. The van der Waals surface area contributed by atoms with Crippen molar-refractivity contribution in [3.63, 3.8) is 0 Å². The molecule has 0 N–H and O–H groups in total. The first kappa shape index (κ1) is 22.2. The summed E-state index contributed by atoms with van der Waals surface area (Å²) in [6, 6.07) is 16.0. The first-order valence-corrected chi connectivity index (χ1v) is 10.8. The first-order valence-electron chi connectivity index (χ1n) is 10.8. The molecule has 0 bridgehead atoms. The van der Waals surface area contributed by atoms with Crippen LogP contribution in [0.4, 0.5) is 0 Å². The number of hydrogen-bond donors (Lipinski definition) is 0. The highest BCUT2D eigenvalue weighted by Gasteiger charge is 2.23. The molecule has 1 aliphatic rings. The van der Waals surface area contributed by atoms with Crippen LogP contribution in [0.15, 0.2) is 48.5 Å². The quantitative estimate of drug-likeness (QED) is 0.631. The molecule has 1 heterocycles. The molecule has 2 aromatic rings. The molecular weight excluding hydrogens is 376 g/mol. The van der Waals surface area contributed by atoms with Crippen molar-refractivity contribution in [2.75, 3.05) is 46.9 Å². The van der Waals surface area contributed by atoms with Gasteiger partial charge in [-0.05, 0) is 61.9 Å². The van der Waals surface area contributed by atoms with Gasteiger partial charge < -0.3 is 19.3 Å². The number of carbonyl (C=O) groups is 1. The molecule has 1 atom stereocenters. The fourth-order valence-electron chi connectivity index (χ4n) is 4.15. The van der Waals surface area contributed by atoms with E-state index in [0.717, 1.165) is 32.6 Å². The van der Waals surface area contributed by atoms with Crippen molar-refractivity contribution < 1.29 is 14.3 Å². The number of amides is 1. The normalized spacial score (nSPS) is 16.8. The van der Waals surface area contributed by atoms with E-state index in [-0.39, 0.29) is 12.5 Å². The third-order valence-corrected chi connectivity index (χ3v) is 5.94. The average molecular weight is 411 g/mol. The molecule has 3 rings (SSSR count). The predicted octanol–water partition coefficient (Wildman–Crippen LogP) is 3.80. The summed E-state index contributed by atoms with van der Waals surface area (Å²) in [5.74, 6) is 1.75. The maximum absolute atomic E-state index is 12.6. The van der Waals surface area contributed by atoms with E-state index >= 15 is 0 Å². The van der Waals surface area contributed by atoms with Crippen LogP contribution < -0.4 is 9.47 Å². The van der Waals surface area contributed by atoms with Crippen LogP contribution in [-0.2, 0) is 11.2 Å². The molecule has 1 fully saturated rings. The summed E-state index contributed by atoms with van der Waals surface area (Å²) in [6.45, 7) is 6.27. The zero-order valence-electron chi connectivity index (χ0n) is 18.5. The number of likely N-dealkylation sites (N-methyl/N-ethyl adjacent to an activating group) is 1. The number of ether oxygens (including phenoxy) is 2. The molecule has 0 aromatic heterocycles. The zero-order valence-corrected chi connectivity index (χ0v) is 18.5. The number of hydrogen-bond acceptors (Lipinski definition) is 4. The molecule has 0 spiro atoms. The third kappa shape index (κ3) is 6.23. The topological polar surface area (TPSA) is 42.0 Å². The van der Waals surface area contributed by atoms with E-state index in [2.05, 4.69) is 36.1 Å². The van der Waals surface area contributed by atoms with E-state index in [1.807, 2.05) is 36.2 Å². The number of likely N-dealkylation sites (tertiary alicyclic amines) is 1. The third-order valence-electron chi connectivity index (χ3n) is 5.94. The highest BCUT2D eigenvalue weighted by Crippen LogP contribution is 2.25. The van der Waals surface area contributed by atoms with Crippen LogP contribution in [0.25, 0.3) is 0 Å². The van der Waals surface area contributed by atoms with Gasteiger partial charge in [-0.15, -0.1) is 0 Å². The maximum atomic E-state index is 12.6. The number of methoxy groups -OCH3 is 1. The van der Waals surface area contributed by atoms with E-state index in [4.69, 9.17) is 9.47 Å². The number of aryl methyl sites for hydroxylation is 1. The Bertz CT molecular complexity index is 824. The van der Waals surface area contributed by atoms with Gasteiger partial charge in [-0.1, -0.05) is 36.4 Å². The van der Waals surface area contributed by atoms with E-state index in [0.29, 0.717) is 17.4 Å². The van der Waals surface area contributed by atoms with E-state index < -0.39 is 0 Å². The minimum atomic E-state index is -0.00191. The van der Waals surface area contributed by atoms with Gasteiger partial charge in [0.25, 0.3) is 5.91 Å². The molecular formula is C25H34N2O3. The molecule has 0 saturated carbocycles. The number of piperidine rings is 1. The molecule has 1 aliphatic heterocycles. The SMILES string of the molecule is COc1ccccc1OCC(=O)N(C)C[C@H]1CCCN(CCc2ccccc2C)C1. The van der Waals surface area contributed by atoms with Crippen LogP contribution in [0, 0.1) is 12.8 Å². The summed E-state index contributed by atoms with van der Waals surface area (Å²) in [5, 5.41) is 0. The van der Waals surface area contributed by atoms with Gasteiger partial charge in [-0.3, -0.25) is 4.79 Å². The van der Waals surface area contributed by atoms with Crippen molar-refractivity contribution >= 4 is 5.91 Å². The van der Waals surface area contributed by atoms with Crippen LogP contribution in [0.1, 0.15) is 24.0 Å². The van der Waals surface area contributed by atoms with Crippen LogP contribution in [0.3, 0.4) is 0 Å². The molecule has 5 heteroatoms. The molecule has 162 valence electrons. The Labute approximate surface area is 180 Å². The standard InChI is InChI=1S/C25H34N2O3/c1-20-9-4-5-11-22(20)14-16-27-15-8-10-21(18-27)17-26(2)25(28)19-30-24-13-7-6-12-23(24)29-3/h4-7,9,11-13,21H,8,10,14-19H2,1-3H3/t21-/m1/s1. The number of rotatable bonds is 9. The Balaban J connectivity index is 1.44. The van der Waals surface area contributed by atoms with Gasteiger partial charge in [-0.25, -0.2) is 0 Å². The molecule has 0 radical (unpaired) electrons. The number of carbonyl (C=O) groups excluding carboxylic acids is 1. The zero-order chi connectivity index (χ0) is 21.3. The summed E-state index contributed by atoms with van der Waals surface area (Å²) in [5.41, 5.74) is 2.80. The van der Waals surface area contributed by atoms with Gasteiger partial charge in [0.15, 0.2) is 18.1 Å². The van der Waals surface area contributed by atoms with Crippen molar-refractivity contribution in [3.05, 3.63) is 59.7 Å². The molecule has 0 aliphatic carbocycles. The van der Waals surface area contributed by atoms with E-state index in [1.165, 1.54) is 24.0 Å². The lowest BCUT2D eigenvalue weighted by molar-refractivity contribution is -0.132. The highest BCUT2D eigenvalue weighted by molar-refractivity contribution is 5.77. The van der Waals surface area contributed by atoms with Crippen molar-refractivity contribution in [2.24, 2.45) is 5.92 Å². The smallest absolute Gasteiger partial charge is 0.260 e. The lowest BCUT2D eigenvalue weighted by Gasteiger charge is -2.34. The molecule has 30 heavy (non-hydrogen) atoms. The molecule has 0 unspecified atom stereocenters. The molecule has 2 aromatic carbocycles. The highest BCUT2D eigenvalue weighted by atomic mass is 16.5. The Morgan fingerprint density at radius 1 is 1.13 bits per heavy atom. The summed E-state index contributed by atoms with van der Waals surface area (Å²) in [6.07, 6.45) is 3.45. The molecule has 1 amide bonds. The molecule has 1 saturated heterocycles. The maximum Gasteiger partial charge on any atom is 0.260 e. The van der Waals surface area contributed by atoms with Crippen molar-refractivity contribution in [1.29, 1.82) is 0 Å². The predicted molar refractivity (Wildman–Crippen MR) is 120 cm³/mol. The Morgan fingerprint density at radius 2 is 1.87 bits per heavy atom. The number of nitrogens with zero attached hydrogens (tertiary/aromatic N) is 2. The van der Waals surface area contributed by atoms with Crippen LogP contribution in [0.2, 0.25) is 0 Å². The van der Waals surface area contributed by atoms with Gasteiger partial charge in [-0.2, -0.15) is 0 Å². The Hall–Kier alpha value is -2.53. The van der Waals surface area contributed by atoms with Crippen LogP contribution >= 0.6 is 0 Å². The number of benzene rings is 2. The summed E-state index contributed by atoms with van der Waals surface area (Å²) in [4.78, 5) is 16.9. The second-order valence-electron chi connectivity index (χ2n) is 8.20. The van der Waals surface area contributed by atoms with Crippen molar-refractivity contribution in [1.82, 2.24) is 9.80 Å². The molecule has 5 nitrogen and oxygen atoms in total. The second-order valence-corrected chi connectivity index (χ2v) is 8.20. The first-order chi connectivity index (χ1) is 14.6. The number of para-hydroxylation sites is 2. The average Bonchev–Trinajstić information content (AvgIpc) is 2.77. The van der Waals surface area contributed by atoms with Gasteiger partial charge in [0.1, 0.15) is 0 Å². The van der Waals surface area contributed by atoms with Crippen molar-refractivity contribution in [3.8, 4) is 11.5 Å². The summed E-state index contributed by atoms with van der Waals surface area (Å²) < 4.78 is 11.0. The fourth-order valence-corrected chi connectivity index (χ4v) is 4.15.